The van der Waals surface area contributed by atoms with Crippen LogP contribution in [0.2, 0.25) is 0 Å². The van der Waals surface area contributed by atoms with Crippen LogP contribution in [-0.2, 0) is 4.79 Å². The van der Waals surface area contributed by atoms with Crippen molar-refractivity contribution in [1.29, 1.82) is 0 Å². The van der Waals surface area contributed by atoms with E-state index in [1.807, 2.05) is 6.92 Å². The van der Waals surface area contributed by atoms with Gasteiger partial charge in [0, 0.05) is 12.6 Å². The van der Waals surface area contributed by atoms with Crippen LogP contribution in [0, 0.1) is 11.8 Å². The second-order valence-electron chi connectivity index (χ2n) is 5.55. The van der Waals surface area contributed by atoms with Gasteiger partial charge >= 0.3 is 0 Å². The van der Waals surface area contributed by atoms with Gasteiger partial charge in [-0.25, -0.2) is 0 Å². The quantitative estimate of drug-likeness (QED) is 0.766. The van der Waals surface area contributed by atoms with Crippen LogP contribution >= 0.6 is 0 Å². The van der Waals surface area contributed by atoms with Crippen LogP contribution in [0.1, 0.15) is 33.6 Å². The van der Waals surface area contributed by atoms with Crippen molar-refractivity contribution in [3.63, 3.8) is 0 Å². The number of nitrogens with two attached hydrogens (primary N) is 1. The lowest BCUT2D eigenvalue weighted by atomic mass is 9.92. The molecule has 4 heteroatoms. The molecule has 1 amide bonds. The molecule has 1 heterocycles. The molecule has 4 atom stereocenters. The number of carbonyl (C=O) groups is 1. The molecule has 0 spiro atoms. The van der Waals surface area contributed by atoms with Crippen LogP contribution < -0.4 is 11.1 Å². The van der Waals surface area contributed by atoms with Gasteiger partial charge in [-0.3, -0.25) is 4.79 Å². The Hall–Kier alpha value is -0.610. The topological polar surface area (TPSA) is 58.4 Å². The summed E-state index contributed by atoms with van der Waals surface area (Å²) < 4.78 is 0. The molecule has 1 aliphatic heterocycles. The summed E-state index contributed by atoms with van der Waals surface area (Å²) in [6, 6.07) is -0.0827. The first kappa shape index (κ1) is 14.5. The normalized spacial score (nSPS) is 29.7. The third-order valence-electron chi connectivity index (χ3n) is 4.00. The minimum atomic E-state index is -0.369. The molecule has 4 nitrogen and oxygen atoms in total. The second-order valence-corrected chi connectivity index (χ2v) is 5.55. The molecule has 0 aromatic rings. The van der Waals surface area contributed by atoms with E-state index in [-0.39, 0.29) is 23.9 Å². The zero-order valence-electron chi connectivity index (χ0n) is 11.6. The third-order valence-corrected chi connectivity index (χ3v) is 4.00. The maximum Gasteiger partial charge on any atom is 0.237 e. The van der Waals surface area contributed by atoms with Gasteiger partial charge < -0.3 is 16.0 Å². The molecule has 1 aliphatic rings. The van der Waals surface area contributed by atoms with Gasteiger partial charge in [0.1, 0.15) is 0 Å². The molecule has 3 N–H and O–H groups in total. The molecule has 1 saturated heterocycles. The summed E-state index contributed by atoms with van der Waals surface area (Å²) >= 11 is 0. The van der Waals surface area contributed by atoms with Gasteiger partial charge in [-0.1, -0.05) is 27.2 Å². The summed E-state index contributed by atoms with van der Waals surface area (Å²) in [6.07, 6.45) is 1.97. The van der Waals surface area contributed by atoms with Crippen molar-refractivity contribution in [2.75, 3.05) is 20.1 Å². The van der Waals surface area contributed by atoms with Gasteiger partial charge in [-0.05, 0) is 31.8 Å². The third kappa shape index (κ3) is 3.96. The summed E-state index contributed by atoms with van der Waals surface area (Å²) in [6.45, 7) is 8.38. The molecule has 1 fully saturated rings. The van der Waals surface area contributed by atoms with E-state index in [0.717, 1.165) is 25.9 Å². The fourth-order valence-corrected chi connectivity index (χ4v) is 2.36. The van der Waals surface area contributed by atoms with E-state index < -0.39 is 0 Å². The summed E-state index contributed by atoms with van der Waals surface area (Å²) in [5.41, 5.74) is 5.94. The van der Waals surface area contributed by atoms with Crippen molar-refractivity contribution in [1.82, 2.24) is 10.2 Å². The molecule has 0 aromatic heterocycles. The van der Waals surface area contributed by atoms with Gasteiger partial charge in [0.15, 0.2) is 0 Å². The molecule has 1 rings (SSSR count). The van der Waals surface area contributed by atoms with Crippen molar-refractivity contribution >= 4 is 5.91 Å². The SMILES string of the molecule is CCC(C)C(N)C(=O)NC1CCN(C)CC1C. The summed E-state index contributed by atoms with van der Waals surface area (Å²) in [5, 5.41) is 3.11. The Bertz CT molecular complexity index is 257. The first-order valence-corrected chi connectivity index (χ1v) is 6.70. The summed E-state index contributed by atoms with van der Waals surface area (Å²) in [7, 11) is 2.12. The molecule has 0 saturated carbocycles. The first-order chi connectivity index (χ1) is 7.95. The summed E-state index contributed by atoms with van der Waals surface area (Å²) in [5.74, 6) is 0.763. The van der Waals surface area contributed by atoms with Crippen LogP contribution in [0.25, 0.3) is 0 Å². The number of carbonyl (C=O) groups excluding carboxylic acids is 1. The zero-order valence-corrected chi connectivity index (χ0v) is 11.6. The Balaban J connectivity index is 2.45. The highest BCUT2D eigenvalue weighted by Crippen LogP contribution is 2.16. The number of hydrogen-bond donors (Lipinski definition) is 2. The Morgan fingerprint density at radius 2 is 2.24 bits per heavy atom. The lowest BCUT2D eigenvalue weighted by molar-refractivity contribution is -0.124. The standard InChI is InChI=1S/C13H27N3O/c1-5-9(2)12(14)13(17)15-11-6-7-16(4)8-10(11)3/h9-12H,5-8,14H2,1-4H3,(H,15,17). The highest BCUT2D eigenvalue weighted by molar-refractivity contribution is 5.82. The minimum absolute atomic E-state index is 0.0146. The highest BCUT2D eigenvalue weighted by atomic mass is 16.2. The van der Waals surface area contributed by atoms with Gasteiger partial charge in [-0.2, -0.15) is 0 Å². The van der Waals surface area contributed by atoms with E-state index in [1.165, 1.54) is 0 Å². The smallest absolute Gasteiger partial charge is 0.237 e. The Morgan fingerprint density at radius 3 is 2.76 bits per heavy atom. The van der Waals surface area contributed by atoms with Crippen molar-refractivity contribution in [2.24, 2.45) is 17.6 Å². The number of rotatable bonds is 4. The van der Waals surface area contributed by atoms with Crippen molar-refractivity contribution < 1.29 is 4.79 Å². The van der Waals surface area contributed by atoms with E-state index in [2.05, 4.69) is 31.1 Å². The van der Waals surface area contributed by atoms with E-state index in [0.29, 0.717) is 5.92 Å². The van der Waals surface area contributed by atoms with Gasteiger partial charge in [-0.15, -0.1) is 0 Å². The molecular weight excluding hydrogens is 214 g/mol. The van der Waals surface area contributed by atoms with Crippen molar-refractivity contribution in [3.05, 3.63) is 0 Å². The molecule has 17 heavy (non-hydrogen) atoms. The largest absolute Gasteiger partial charge is 0.352 e. The fourth-order valence-electron chi connectivity index (χ4n) is 2.36. The maximum atomic E-state index is 12.0. The molecule has 0 radical (unpaired) electrons. The number of hydrogen-bond acceptors (Lipinski definition) is 3. The van der Waals surface area contributed by atoms with Gasteiger partial charge in [0.25, 0.3) is 0 Å². The predicted molar refractivity (Wildman–Crippen MR) is 70.6 cm³/mol. The molecule has 0 aromatic carbocycles. The Kier molecular flexibility index (Phi) is 5.40. The number of nitrogens with zero attached hydrogens (tertiary/aromatic N) is 1. The number of amides is 1. The minimum Gasteiger partial charge on any atom is -0.352 e. The average molecular weight is 241 g/mol. The van der Waals surface area contributed by atoms with Gasteiger partial charge in [0.2, 0.25) is 5.91 Å². The van der Waals surface area contributed by atoms with Crippen molar-refractivity contribution in [3.8, 4) is 0 Å². The monoisotopic (exact) mass is 241 g/mol. The van der Waals surface area contributed by atoms with Gasteiger partial charge in [0.05, 0.1) is 6.04 Å². The fraction of sp³-hybridized carbons (Fsp3) is 0.923. The molecule has 0 aliphatic carbocycles. The Morgan fingerprint density at radius 1 is 1.59 bits per heavy atom. The number of piperidine rings is 1. The molecular formula is C13H27N3O. The molecule has 0 bridgehead atoms. The Labute approximate surface area is 105 Å². The van der Waals surface area contributed by atoms with Crippen LogP contribution in [-0.4, -0.2) is 43.0 Å². The molecule has 100 valence electrons. The number of likely N-dealkylation sites (tertiary alicyclic amines) is 1. The van der Waals surface area contributed by atoms with Crippen molar-refractivity contribution in [2.45, 2.75) is 45.7 Å². The van der Waals surface area contributed by atoms with E-state index >= 15 is 0 Å². The van der Waals surface area contributed by atoms with Crippen LogP contribution in [0.15, 0.2) is 0 Å². The van der Waals surface area contributed by atoms with E-state index in [1.54, 1.807) is 0 Å². The number of nitrogens with one attached hydrogen (secondary N) is 1. The summed E-state index contributed by atoms with van der Waals surface area (Å²) in [4.78, 5) is 14.3. The van der Waals surface area contributed by atoms with E-state index in [9.17, 15) is 4.79 Å². The first-order valence-electron chi connectivity index (χ1n) is 6.70. The zero-order chi connectivity index (χ0) is 13.0. The average Bonchev–Trinajstić information content (AvgIpc) is 2.30. The lowest BCUT2D eigenvalue weighted by Gasteiger charge is -2.36. The van der Waals surface area contributed by atoms with Crippen LogP contribution in [0.5, 0.6) is 0 Å². The van der Waals surface area contributed by atoms with Crippen LogP contribution in [0.3, 0.4) is 0 Å². The maximum absolute atomic E-state index is 12.0. The highest BCUT2D eigenvalue weighted by Gasteiger charge is 2.28. The predicted octanol–water partition coefficient (Wildman–Crippen LogP) is 0.816. The van der Waals surface area contributed by atoms with E-state index in [4.69, 9.17) is 5.73 Å². The molecule has 4 unspecified atom stereocenters. The van der Waals surface area contributed by atoms with Crippen LogP contribution in [0.4, 0.5) is 0 Å². The lowest BCUT2D eigenvalue weighted by Crippen LogP contribution is -2.54. The second kappa shape index (κ2) is 6.36.